The van der Waals surface area contributed by atoms with Gasteiger partial charge in [-0.05, 0) is 41.5 Å². The molecule has 0 aliphatic rings. The maximum absolute atomic E-state index is 13.4. The van der Waals surface area contributed by atoms with Gasteiger partial charge in [-0.2, -0.15) is 5.26 Å². The minimum absolute atomic E-state index is 0.00287. The normalized spacial score (nSPS) is 11.4. The summed E-state index contributed by atoms with van der Waals surface area (Å²) in [4.78, 5) is 26.9. The molecule has 1 atom stereocenters. The van der Waals surface area contributed by atoms with Crippen molar-refractivity contribution in [2.45, 2.75) is 19.0 Å². The molecule has 156 valence electrons. The summed E-state index contributed by atoms with van der Waals surface area (Å²) in [6.45, 7) is -0.00287. The van der Waals surface area contributed by atoms with Crippen LogP contribution in [0.1, 0.15) is 27.0 Å². The number of carboxylic acids is 1. The van der Waals surface area contributed by atoms with Crippen LogP contribution in [0.4, 0.5) is 0 Å². The van der Waals surface area contributed by atoms with E-state index in [-0.39, 0.29) is 23.6 Å². The summed E-state index contributed by atoms with van der Waals surface area (Å²) < 4.78 is 0. The van der Waals surface area contributed by atoms with Crippen LogP contribution in [-0.4, -0.2) is 27.9 Å². The number of aliphatic carboxylic acids is 1. The predicted octanol–water partition coefficient (Wildman–Crippen LogP) is 5.20. The van der Waals surface area contributed by atoms with E-state index in [4.69, 9.17) is 23.2 Å². The molecule has 3 aromatic rings. The Morgan fingerprint density at radius 3 is 2.32 bits per heavy atom. The van der Waals surface area contributed by atoms with Crippen molar-refractivity contribution in [2.75, 3.05) is 0 Å². The molecule has 7 heteroatoms. The average Bonchev–Trinajstić information content (AvgIpc) is 2.76. The molecule has 0 saturated carbocycles. The van der Waals surface area contributed by atoms with Crippen LogP contribution in [0.3, 0.4) is 0 Å². The van der Waals surface area contributed by atoms with Gasteiger partial charge in [0.2, 0.25) is 0 Å². The molecule has 0 bridgehead atoms. The van der Waals surface area contributed by atoms with E-state index in [1.807, 2.05) is 30.3 Å². The highest BCUT2D eigenvalue weighted by Crippen LogP contribution is 2.25. The number of nitriles is 1. The van der Waals surface area contributed by atoms with Crippen molar-refractivity contribution >= 4 is 35.1 Å². The van der Waals surface area contributed by atoms with E-state index in [0.29, 0.717) is 16.1 Å². The summed E-state index contributed by atoms with van der Waals surface area (Å²) in [6, 6.07) is 21.1. The van der Waals surface area contributed by atoms with Gasteiger partial charge in [-0.25, -0.2) is 4.79 Å². The summed E-state index contributed by atoms with van der Waals surface area (Å²) in [5.74, 6) is -1.67. The highest BCUT2D eigenvalue weighted by atomic mass is 35.5. The van der Waals surface area contributed by atoms with E-state index < -0.39 is 17.9 Å². The molecular weight excluding hydrogens is 435 g/mol. The first-order valence-electron chi connectivity index (χ1n) is 9.41. The van der Waals surface area contributed by atoms with Gasteiger partial charge < -0.3 is 10.0 Å². The Bertz CT molecular complexity index is 1140. The zero-order valence-electron chi connectivity index (χ0n) is 16.3. The van der Waals surface area contributed by atoms with Gasteiger partial charge in [-0.15, -0.1) is 0 Å². The second-order valence-electron chi connectivity index (χ2n) is 6.91. The lowest BCUT2D eigenvalue weighted by atomic mass is 10.0. The van der Waals surface area contributed by atoms with Gasteiger partial charge in [0.1, 0.15) is 6.04 Å². The second-order valence-corrected chi connectivity index (χ2v) is 7.76. The Labute approximate surface area is 190 Å². The van der Waals surface area contributed by atoms with Gasteiger partial charge in [0, 0.05) is 18.0 Å². The highest BCUT2D eigenvalue weighted by molar-refractivity contribution is 6.36. The van der Waals surface area contributed by atoms with Crippen LogP contribution in [0, 0.1) is 11.3 Å². The van der Waals surface area contributed by atoms with Crippen molar-refractivity contribution < 1.29 is 14.7 Å². The molecule has 5 nitrogen and oxygen atoms in total. The summed E-state index contributed by atoms with van der Waals surface area (Å²) in [5, 5.41) is 19.7. The first-order valence-corrected chi connectivity index (χ1v) is 10.2. The van der Waals surface area contributed by atoms with Crippen molar-refractivity contribution in [1.29, 1.82) is 5.26 Å². The fourth-order valence-electron chi connectivity index (χ4n) is 3.25. The van der Waals surface area contributed by atoms with Crippen LogP contribution in [0.15, 0.2) is 72.8 Å². The predicted molar refractivity (Wildman–Crippen MR) is 119 cm³/mol. The summed E-state index contributed by atoms with van der Waals surface area (Å²) in [7, 11) is 0. The summed E-state index contributed by atoms with van der Waals surface area (Å²) in [6.07, 6.45) is 0.116. The number of rotatable bonds is 7. The number of carbonyl (C=O) groups is 2. The molecule has 0 aliphatic heterocycles. The molecule has 0 radical (unpaired) electrons. The van der Waals surface area contributed by atoms with Crippen LogP contribution in [0.25, 0.3) is 0 Å². The highest BCUT2D eigenvalue weighted by Gasteiger charge is 2.31. The molecule has 0 aliphatic carbocycles. The minimum Gasteiger partial charge on any atom is -0.480 e. The van der Waals surface area contributed by atoms with Gasteiger partial charge in [-0.3, -0.25) is 4.79 Å². The van der Waals surface area contributed by atoms with Gasteiger partial charge in [0.15, 0.2) is 0 Å². The standard InChI is InChI=1S/C24H18Cl2N2O3/c25-19-9-10-20(21(26)13-19)23(29)28(15-18-8-4-7-17(11-18)14-27)22(24(30)31)12-16-5-2-1-3-6-16/h1-11,13,22H,12,15H2,(H,30,31)/t22-/m0/s1. The van der Waals surface area contributed by atoms with Gasteiger partial charge in [0.25, 0.3) is 5.91 Å². The Balaban J connectivity index is 2.03. The molecular formula is C24H18Cl2N2O3. The smallest absolute Gasteiger partial charge is 0.326 e. The molecule has 3 aromatic carbocycles. The average molecular weight is 453 g/mol. The van der Waals surface area contributed by atoms with Crippen LogP contribution in [-0.2, 0) is 17.8 Å². The molecule has 1 N–H and O–H groups in total. The lowest BCUT2D eigenvalue weighted by Gasteiger charge is -2.30. The maximum Gasteiger partial charge on any atom is 0.326 e. The lowest BCUT2D eigenvalue weighted by molar-refractivity contribution is -0.142. The number of benzene rings is 3. The molecule has 3 rings (SSSR count). The van der Waals surface area contributed by atoms with Crippen molar-refractivity contribution in [3.8, 4) is 6.07 Å². The third-order valence-corrected chi connectivity index (χ3v) is 5.31. The zero-order valence-corrected chi connectivity index (χ0v) is 17.8. The van der Waals surface area contributed by atoms with E-state index in [2.05, 4.69) is 6.07 Å². The lowest BCUT2D eigenvalue weighted by Crippen LogP contribution is -2.46. The fourth-order valence-corrected chi connectivity index (χ4v) is 3.73. The minimum atomic E-state index is -1.15. The number of carboxylic acid groups (broad SMARTS) is 1. The van der Waals surface area contributed by atoms with Crippen LogP contribution in [0.5, 0.6) is 0 Å². The second kappa shape index (κ2) is 10.1. The van der Waals surface area contributed by atoms with E-state index >= 15 is 0 Å². The van der Waals surface area contributed by atoms with E-state index in [1.54, 1.807) is 24.3 Å². The van der Waals surface area contributed by atoms with E-state index in [9.17, 15) is 20.0 Å². The van der Waals surface area contributed by atoms with Crippen LogP contribution >= 0.6 is 23.2 Å². The van der Waals surface area contributed by atoms with Crippen molar-refractivity contribution in [3.63, 3.8) is 0 Å². The molecule has 1 amide bonds. The Hall–Kier alpha value is -3.33. The summed E-state index contributed by atoms with van der Waals surface area (Å²) >= 11 is 12.2. The monoisotopic (exact) mass is 452 g/mol. The van der Waals surface area contributed by atoms with Gasteiger partial charge in [-0.1, -0.05) is 65.7 Å². The van der Waals surface area contributed by atoms with Crippen LogP contribution in [0.2, 0.25) is 10.0 Å². The van der Waals surface area contributed by atoms with Crippen molar-refractivity contribution in [3.05, 3.63) is 105 Å². The third kappa shape index (κ3) is 5.64. The number of hydrogen-bond donors (Lipinski definition) is 1. The molecule has 0 unspecified atom stereocenters. The third-order valence-electron chi connectivity index (χ3n) is 4.76. The quantitative estimate of drug-likeness (QED) is 0.533. The number of nitrogens with zero attached hydrogens (tertiary/aromatic N) is 2. The Morgan fingerprint density at radius 1 is 0.968 bits per heavy atom. The molecule has 0 saturated heterocycles. The molecule has 31 heavy (non-hydrogen) atoms. The zero-order chi connectivity index (χ0) is 22.4. The molecule has 0 spiro atoms. The topological polar surface area (TPSA) is 81.4 Å². The Morgan fingerprint density at radius 2 is 1.68 bits per heavy atom. The first-order chi connectivity index (χ1) is 14.9. The number of halogens is 2. The van der Waals surface area contributed by atoms with Crippen LogP contribution < -0.4 is 0 Å². The molecule has 0 aromatic heterocycles. The first kappa shape index (κ1) is 22.4. The van der Waals surface area contributed by atoms with E-state index in [0.717, 1.165) is 5.56 Å². The van der Waals surface area contributed by atoms with E-state index in [1.165, 1.54) is 23.1 Å². The van der Waals surface area contributed by atoms with Gasteiger partial charge in [0.05, 0.1) is 22.2 Å². The largest absolute Gasteiger partial charge is 0.480 e. The molecule has 0 heterocycles. The summed E-state index contributed by atoms with van der Waals surface area (Å²) in [5.41, 5.74) is 1.99. The SMILES string of the molecule is N#Cc1cccc(CN(C(=O)c2ccc(Cl)cc2Cl)[C@@H](Cc2ccccc2)C(=O)O)c1. The number of carbonyl (C=O) groups excluding carboxylic acids is 1. The maximum atomic E-state index is 13.4. The van der Waals surface area contributed by atoms with Crippen molar-refractivity contribution in [2.24, 2.45) is 0 Å². The van der Waals surface area contributed by atoms with Crippen molar-refractivity contribution in [1.82, 2.24) is 4.90 Å². The number of amides is 1. The van der Waals surface area contributed by atoms with Gasteiger partial charge >= 0.3 is 5.97 Å². The fraction of sp³-hybridized carbons (Fsp3) is 0.125. The number of hydrogen-bond acceptors (Lipinski definition) is 3. The molecule has 0 fully saturated rings. The Kier molecular flexibility index (Phi) is 7.30.